The lowest BCUT2D eigenvalue weighted by atomic mass is 10.1. The van der Waals surface area contributed by atoms with Crippen molar-refractivity contribution >= 4 is 12.2 Å². The lowest BCUT2D eigenvalue weighted by molar-refractivity contribution is -0.120. The SMILES string of the molecule is C=CCNC(=O)[C](C=C)C=O. The Labute approximate surface area is 65.8 Å². The first-order valence-corrected chi connectivity index (χ1v) is 3.10. The minimum atomic E-state index is -0.421. The molecule has 0 rings (SSSR count). The Hall–Kier alpha value is -1.38. The van der Waals surface area contributed by atoms with Crippen LogP contribution in [-0.4, -0.2) is 18.7 Å². The Kier molecular flexibility index (Phi) is 4.73. The molecule has 1 N–H and O–H groups in total. The van der Waals surface area contributed by atoms with Gasteiger partial charge in [-0.15, -0.1) is 13.2 Å². The first-order valence-electron chi connectivity index (χ1n) is 3.10. The number of carbonyl (C=O) groups excluding carboxylic acids is 2. The zero-order valence-corrected chi connectivity index (χ0v) is 6.17. The second kappa shape index (κ2) is 5.41. The first kappa shape index (κ1) is 9.62. The van der Waals surface area contributed by atoms with Gasteiger partial charge in [0, 0.05) is 6.54 Å². The fraction of sp³-hybridized carbons (Fsp3) is 0.125. The summed E-state index contributed by atoms with van der Waals surface area (Å²) in [5.74, 6) is -0.387. The third-order valence-corrected chi connectivity index (χ3v) is 1.02. The van der Waals surface area contributed by atoms with E-state index in [0.717, 1.165) is 0 Å². The van der Waals surface area contributed by atoms with Crippen molar-refractivity contribution in [2.24, 2.45) is 0 Å². The van der Waals surface area contributed by atoms with E-state index in [1.165, 1.54) is 12.2 Å². The molecular formula is C8H10NO2. The average molecular weight is 152 g/mol. The molecule has 0 saturated carbocycles. The van der Waals surface area contributed by atoms with Gasteiger partial charge in [-0.3, -0.25) is 4.79 Å². The molecule has 0 aromatic heterocycles. The number of hydrogen-bond donors (Lipinski definition) is 1. The van der Waals surface area contributed by atoms with Crippen LogP contribution in [0.25, 0.3) is 0 Å². The van der Waals surface area contributed by atoms with Crippen LogP contribution in [0.1, 0.15) is 0 Å². The van der Waals surface area contributed by atoms with E-state index < -0.39 is 5.91 Å². The van der Waals surface area contributed by atoms with Crippen molar-refractivity contribution in [2.45, 2.75) is 0 Å². The fourth-order valence-corrected chi connectivity index (χ4v) is 0.461. The van der Waals surface area contributed by atoms with Crippen LogP contribution in [0.2, 0.25) is 0 Å². The maximum absolute atomic E-state index is 10.9. The number of aldehydes is 1. The van der Waals surface area contributed by atoms with Crippen molar-refractivity contribution in [2.75, 3.05) is 6.54 Å². The molecule has 0 saturated heterocycles. The van der Waals surface area contributed by atoms with Crippen LogP contribution in [0.15, 0.2) is 25.3 Å². The van der Waals surface area contributed by atoms with E-state index in [2.05, 4.69) is 18.5 Å². The summed E-state index contributed by atoms with van der Waals surface area (Å²) in [5, 5.41) is 2.44. The molecular weight excluding hydrogens is 142 g/mol. The topological polar surface area (TPSA) is 46.2 Å². The minimum Gasteiger partial charge on any atom is -0.351 e. The Balaban J connectivity index is 3.88. The van der Waals surface area contributed by atoms with Crippen LogP contribution in [0, 0.1) is 5.92 Å². The van der Waals surface area contributed by atoms with Crippen LogP contribution in [-0.2, 0) is 9.59 Å². The Morgan fingerprint density at radius 2 is 2.09 bits per heavy atom. The largest absolute Gasteiger partial charge is 0.351 e. The number of nitrogens with one attached hydrogen (secondary N) is 1. The highest BCUT2D eigenvalue weighted by molar-refractivity contribution is 6.08. The van der Waals surface area contributed by atoms with E-state index in [9.17, 15) is 9.59 Å². The molecule has 0 aliphatic heterocycles. The molecule has 0 aromatic carbocycles. The highest BCUT2D eigenvalue weighted by Gasteiger charge is 2.12. The summed E-state index contributed by atoms with van der Waals surface area (Å²) in [5.41, 5.74) is 0. The molecule has 3 nitrogen and oxygen atoms in total. The van der Waals surface area contributed by atoms with Gasteiger partial charge in [-0.1, -0.05) is 12.2 Å². The predicted octanol–water partition coefficient (Wildman–Crippen LogP) is 0.248. The van der Waals surface area contributed by atoms with E-state index in [0.29, 0.717) is 12.8 Å². The fourth-order valence-electron chi connectivity index (χ4n) is 0.461. The van der Waals surface area contributed by atoms with E-state index in [4.69, 9.17) is 0 Å². The van der Waals surface area contributed by atoms with Gasteiger partial charge in [0.05, 0.1) is 0 Å². The molecule has 0 unspecified atom stereocenters. The standard InChI is InChI=1S/C8H10NO2/c1-3-5-9-8(11)7(4-2)6-10/h3-4,6H,1-2,5H2,(H,9,11). The Bertz CT molecular complexity index is 167. The normalized spacial score (nSPS) is 8.82. The molecule has 1 amide bonds. The van der Waals surface area contributed by atoms with Crippen molar-refractivity contribution in [3.63, 3.8) is 0 Å². The summed E-state index contributed by atoms with van der Waals surface area (Å²) in [6, 6.07) is 0. The predicted molar refractivity (Wildman–Crippen MR) is 42.7 cm³/mol. The van der Waals surface area contributed by atoms with Gasteiger partial charge in [-0.2, -0.15) is 0 Å². The summed E-state index contributed by atoms with van der Waals surface area (Å²) in [6.45, 7) is 7.06. The Morgan fingerprint density at radius 1 is 1.45 bits per heavy atom. The maximum Gasteiger partial charge on any atom is 0.239 e. The van der Waals surface area contributed by atoms with Gasteiger partial charge in [0.15, 0.2) is 0 Å². The minimum absolute atomic E-state index is 0.0341. The number of rotatable bonds is 5. The molecule has 1 radical (unpaired) electrons. The van der Waals surface area contributed by atoms with E-state index >= 15 is 0 Å². The van der Waals surface area contributed by atoms with Gasteiger partial charge < -0.3 is 10.1 Å². The quantitative estimate of drug-likeness (QED) is 0.348. The summed E-state index contributed by atoms with van der Waals surface area (Å²) in [4.78, 5) is 21.0. The Morgan fingerprint density at radius 3 is 2.45 bits per heavy atom. The average Bonchev–Trinajstić information content (AvgIpc) is 2.03. The smallest absolute Gasteiger partial charge is 0.239 e. The third kappa shape index (κ3) is 3.35. The molecule has 0 bridgehead atoms. The van der Waals surface area contributed by atoms with Crippen LogP contribution in [0.4, 0.5) is 0 Å². The third-order valence-electron chi connectivity index (χ3n) is 1.02. The van der Waals surface area contributed by atoms with E-state index in [1.807, 2.05) is 0 Å². The van der Waals surface area contributed by atoms with Crippen LogP contribution in [0.3, 0.4) is 0 Å². The van der Waals surface area contributed by atoms with Crippen LogP contribution < -0.4 is 5.32 Å². The van der Waals surface area contributed by atoms with Gasteiger partial charge in [0.2, 0.25) is 5.91 Å². The number of carbonyl (C=O) groups is 2. The zero-order chi connectivity index (χ0) is 8.69. The van der Waals surface area contributed by atoms with Crippen molar-refractivity contribution in [3.8, 4) is 0 Å². The highest BCUT2D eigenvalue weighted by atomic mass is 16.2. The monoisotopic (exact) mass is 152 g/mol. The second-order valence-electron chi connectivity index (χ2n) is 1.78. The van der Waals surface area contributed by atoms with Crippen molar-refractivity contribution in [3.05, 3.63) is 31.2 Å². The molecule has 0 aliphatic rings. The molecule has 0 heterocycles. The van der Waals surface area contributed by atoms with E-state index in [1.54, 1.807) is 0 Å². The van der Waals surface area contributed by atoms with Crippen LogP contribution in [0.5, 0.6) is 0 Å². The molecule has 0 aliphatic carbocycles. The van der Waals surface area contributed by atoms with Gasteiger partial charge in [0.1, 0.15) is 12.2 Å². The molecule has 0 fully saturated rings. The van der Waals surface area contributed by atoms with Crippen LogP contribution >= 0.6 is 0 Å². The molecule has 3 heteroatoms. The van der Waals surface area contributed by atoms with Gasteiger partial charge in [0.25, 0.3) is 0 Å². The maximum atomic E-state index is 10.9. The van der Waals surface area contributed by atoms with Crippen molar-refractivity contribution in [1.29, 1.82) is 0 Å². The summed E-state index contributed by atoms with van der Waals surface area (Å²) in [7, 11) is 0. The lowest BCUT2D eigenvalue weighted by Crippen LogP contribution is -2.29. The van der Waals surface area contributed by atoms with Gasteiger partial charge >= 0.3 is 0 Å². The zero-order valence-electron chi connectivity index (χ0n) is 6.17. The molecule has 0 atom stereocenters. The van der Waals surface area contributed by atoms with E-state index in [-0.39, 0.29) is 5.92 Å². The van der Waals surface area contributed by atoms with Gasteiger partial charge in [-0.05, 0) is 0 Å². The number of amides is 1. The molecule has 59 valence electrons. The summed E-state index contributed by atoms with van der Waals surface area (Å²) < 4.78 is 0. The van der Waals surface area contributed by atoms with Crippen molar-refractivity contribution in [1.82, 2.24) is 5.32 Å². The highest BCUT2D eigenvalue weighted by Crippen LogP contribution is 1.94. The second-order valence-corrected chi connectivity index (χ2v) is 1.78. The summed E-state index contributed by atoms with van der Waals surface area (Å²) in [6.07, 6.45) is 3.21. The summed E-state index contributed by atoms with van der Waals surface area (Å²) >= 11 is 0. The lowest BCUT2D eigenvalue weighted by Gasteiger charge is -2.02. The van der Waals surface area contributed by atoms with Crippen molar-refractivity contribution < 1.29 is 9.59 Å². The molecule has 11 heavy (non-hydrogen) atoms. The number of hydrogen-bond acceptors (Lipinski definition) is 2. The first-order chi connectivity index (χ1) is 5.26. The molecule has 0 aromatic rings. The van der Waals surface area contributed by atoms with Gasteiger partial charge in [-0.25, -0.2) is 0 Å². The molecule has 0 spiro atoms.